The predicted octanol–water partition coefficient (Wildman–Crippen LogP) is 3.31. The van der Waals surface area contributed by atoms with Gasteiger partial charge in [0, 0.05) is 10.9 Å². The highest BCUT2D eigenvalue weighted by Crippen LogP contribution is 2.35. The Morgan fingerprint density at radius 3 is 2.52 bits per heavy atom. The van der Waals surface area contributed by atoms with E-state index in [9.17, 15) is 18.8 Å². The SMILES string of the molecule is COC(=O)C(Oc1ccc2oc(C)c(C(=O)NC3(C(N)=O)CCC3)c2c1)c1ccccc1F. The van der Waals surface area contributed by atoms with Crippen LogP contribution < -0.4 is 15.8 Å². The van der Waals surface area contributed by atoms with Crippen molar-refractivity contribution in [2.75, 3.05) is 7.11 Å². The van der Waals surface area contributed by atoms with Crippen LogP contribution in [0, 0.1) is 12.7 Å². The molecule has 1 saturated carbocycles. The second kappa shape index (κ2) is 8.57. The molecule has 1 heterocycles. The number of aryl methyl sites for hydroxylation is 1. The average molecular weight is 454 g/mol. The van der Waals surface area contributed by atoms with Crippen LogP contribution in [0.2, 0.25) is 0 Å². The van der Waals surface area contributed by atoms with Gasteiger partial charge in [0.25, 0.3) is 5.91 Å². The van der Waals surface area contributed by atoms with Crippen molar-refractivity contribution in [1.29, 1.82) is 0 Å². The molecule has 33 heavy (non-hydrogen) atoms. The highest BCUT2D eigenvalue weighted by atomic mass is 19.1. The Labute approximate surface area is 188 Å². The molecule has 2 amide bonds. The number of nitrogens with one attached hydrogen (secondary N) is 1. The van der Waals surface area contributed by atoms with E-state index >= 15 is 0 Å². The molecule has 9 heteroatoms. The Kier molecular flexibility index (Phi) is 5.80. The van der Waals surface area contributed by atoms with Crippen molar-refractivity contribution < 1.29 is 32.7 Å². The first-order chi connectivity index (χ1) is 15.8. The lowest BCUT2D eigenvalue weighted by Gasteiger charge is -2.39. The first kappa shape index (κ1) is 22.3. The number of carbonyl (C=O) groups is 3. The molecule has 0 aliphatic heterocycles. The number of amides is 2. The molecule has 8 nitrogen and oxygen atoms in total. The Bertz CT molecular complexity index is 1250. The fourth-order valence-electron chi connectivity index (χ4n) is 3.97. The topological polar surface area (TPSA) is 121 Å². The number of carbonyl (C=O) groups excluding carboxylic acids is 3. The van der Waals surface area contributed by atoms with Gasteiger partial charge in [-0.15, -0.1) is 0 Å². The summed E-state index contributed by atoms with van der Waals surface area (Å²) < 4.78 is 30.6. The molecule has 3 aromatic rings. The third-order valence-electron chi connectivity index (χ3n) is 5.95. The maximum absolute atomic E-state index is 14.3. The van der Waals surface area contributed by atoms with Crippen molar-refractivity contribution in [3.63, 3.8) is 0 Å². The number of fused-ring (bicyclic) bond motifs is 1. The third kappa shape index (κ3) is 4.02. The Morgan fingerprint density at radius 2 is 1.91 bits per heavy atom. The lowest BCUT2D eigenvalue weighted by atomic mass is 9.76. The summed E-state index contributed by atoms with van der Waals surface area (Å²) in [6, 6.07) is 10.4. The maximum atomic E-state index is 14.3. The molecule has 0 radical (unpaired) electrons. The molecule has 1 aliphatic rings. The van der Waals surface area contributed by atoms with Crippen LogP contribution in [0.3, 0.4) is 0 Å². The minimum absolute atomic E-state index is 0.0131. The zero-order chi connectivity index (χ0) is 23.8. The second-order valence-corrected chi connectivity index (χ2v) is 7.99. The lowest BCUT2D eigenvalue weighted by molar-refractivity contribution is -0.149. The van der Waals surface area contributed by atoms with Crippen molar-refractivity contribution in [2.24, 2.45) is 5.73 Å². The van der Waals surface area contributed by atoms with Crippen LogP contribution in [0.5, 0.6) is 5.75 Å². The molecule has 1 aliphatic carbocycles. The fourth-order valence-corrected chi connectivity index (χ4v) is 3.97. The van der Waals surface area contributed by atoms with Crippen LogP contribution in [0.1, 0.15) is 47.0 Å². The Balaban J connectivity index is 1.69. The van der Waals surface area contributed by atoms with E-state index in [0.717, 1.165) is 6.42 Å². The van der Waals surface area contributed by atoms with E-state index in [4.69, 9.17) is 19.6 Å². The first-order valence-corrected chi connectivity index (χ1v) is 10.4. The highest BCUT2D eigenvalue weighted by molar-refractivity contribution is 6.09. The number of hydrogen-bond acceptors (Lipinski definition) is 6. The summed E-state index contributed by atoms with van der Waals surface area (Å²) in [7, 11) is 1.18. The van der Waals surface area contributed by atoms with Crippen LogP contribution in [-0.4, -0.2) is 30.4 Å². The molecular weight excluding hydrogens is 431 g/mol. The summed E-state index contributed by atoms with van der Waals surface area (Å²) >= 11 is 0. The minimum atomic E-state index is -1.35. The van der Waals surface area contributed by atoms with E-state index in [0.29, 0.717) is 29.6 Å². The van der Waals surface area contributed by atoms with Crippen LogP contribution in [0.4, 0.5) is 4.39 Å². The molecule has 0 saturated heterocycles. The molecule has 1 fully saturated rings. The fraction of sp³-hybridized carbons (Fsp3) is 0.292. The quantitative estimate of drug-likeness (QED) is 0.529. The number of halogens is 1. The van der Waals surface area contributed by atoms with Gasteiger partial charge < -0.3 is 24.9 Å². The van der Waals surface area contributed by atoms with Crippen LogP contribution >= 0.6 is 0 Å². The van der Waals surface area contributed by atoms with Gasteiger partial charge in [-0.25, -0.2) is 9.18 Å². The predicted molar refractivity (Wildman–Crippen MR) is 116 cm³/mol. The summed E-state index contributed by atoms with van der Waals surface area (Å²) in [6.45, 7) is 1.63. The minimum Gasteiger partial charge on any atom is -0.474 e. The average Bonchev–Trinajstić information content (AvgIpc) is 3.09. The number of methoxy groups -OCH3 is 1. The molecule has 4 rings (SSSR count). The van der Waals surface area contributed by atoms with E-state index in [1.54, 1.807) is 25.1 Å². The number of primary amides is 1. The lowest BCUT2D eigenvalue weighted by Crippen LogP contribution is -2.61. The molecule has 1 atom stereocenters. The molecule has 1 aromatic heterocycles. The molecule has 1 unspecified atom stereocenters. The summed E-state index contributed by atoms with van der Waals surface area (Å²) in [6.07, 6.45) is 0.380. The van der Waals surface area contributed by atoms with Gasteiger partial charge in [0.2, 0.25) is 12.0 Å². The smallest absolute Gasteiger partial charge is 0.351 e. The van der Waals surface area contributed by atoms with Gasteiger partial charge in [-0.2, -0.15) is 0 Å². The van der Waals surface area contributed by atoms with Gasteiger partial charge in [-0.1, -0.05) is 18.2 Å². The number of rotatable bonds is 7. The molecular formula is C24H23FN2O6. The van der Waals surface area contributed by atoms with Crippen LogP contribution in [0.25, 0.3) is 11.0 Å². The van der Waals surface area contributed by atoms with Gasteiger partial charge in [-0.3, -0.25) is 9.59 Å². The van der Waals surface area contributed by atoms with Crippen molar-refractivity contribution in [2.45, 2.75) is 37.8 Å². The van der Waals surface area contributed by atoms with Gasteiger partial charge in [0.05, 0.1) is 12.7 Å². The molecule has 0 spiro atoms. The number of nitrogens with two attached hydrogens (primary N) is 1. The standard InChI is InChI=1S/C24H23FN2O6/c1-13-19(21(28)27-24(23(26)30)10-5-11-24)16-12-14(8-9-18(16)32-13)33-20(22(29)31-2)15-6-3-4-7-17(15)25/h3-4,6-9,12,20H,5,10-11H2,1-2H3,(H2,26,30)(H,27,28). The van der Waals surface area contributed by atoms with E-state index in [-0.39, 0.29) is 16.9 Å². The van der Waals surface area contributed by atoms with Crippen molar-refractivity contribution >= 4 is 28.8 Å². The number of furan rings is 1. The maximum Gasteiger partial charge on any atom is 0.351 e. The zero-order valence-corrected chi connectivity index (χ0v) is 18.1. The first-order valence-electron chi connectivity index (χ1n) is 10.4. The Hall–Kier alpha value is -3.88. The molecule has 3 N–H and O–H groups in total. The normalized spacial score (nSPS) is 15.4. The van der Waals surface area contributed by atoms with E-state index in [2.05, 4.69) is 5.32 Å². The van der Waals surface area contributed by atoms with Gasteiger partial charge >= 0.3 is 5.97 Å². The van der Waals surface area contributed by atoms with Crippen LogP contribution in [-0.2, 0) is 14.3 Å². The molecule has 0 bridgehead atoms. The monoisotopic (exact) mass is 454 g/mol. The second-order valence-electron chi connectivity index (χ2n) is 7.99. The largest absolute Gasteiger partial charge is 0.474 e. The third-order valence-corrected chi connectivity index (χ3v) is 5.95. The summed E-state index contributed by atoms with van der Waals surface area (Å²) in [5.74, 6) is -1.94. The number of hydrogen-bond donors (Lipinski definition) is 2. The van der Waals surface area contributed by atoms with Crippen molar-refractivity contribution in [1.82, 2.24) is 5.32 Å². The van der Waals surface area contributed by atoms with E-state index in [1.165, 1.54) is 31.4 Å². The Morgan fingerprint density at radius 1 is 1.18 bits per heavy atom. The van der Waals surface area contributed by atoms with Crippen LogP contribution in [0.15, 0.2) is 46.9 Å². The number of benzene rings is 2. The van der Waals surface area contributed by atoms with Gasteiger partial charge in [0.1, 0.15) is 28.4 Å². The summed E-state index contributed by atoms with van der Waals surface area (Å²) in [5.41, 5.74) is 5.08. The molecule has 172 valence electrons. The van der Waals surface area contributed by atoms with Gasteiger partial charge in [-0.05, 0) is 50.5 Å². The van der Waals surface area contributed by atoms with Gasteiger partial charge in [0.15, 0.2) is 0 Å². The molecule has 2 aromatic carbocycles. The van der Waals surface area contributed by atoms with E-state index < -0.39 is 35.2 Å². The van der Waals surface area contributed by atoms with E-state index in [1.807, 2.05) is 0 Å². The highest BCUT2D eigenvalue weighted by Gasteiger charge is 2.44. The van der Waals surface area contributed by atoms with Crippen molar-refractivity contribution in [3.05, 3.63) is 65.2 Å². The number of esters is 1. The summed E-state index contributed by atoms with van der Waals surface area (Å²) in [4.78, 5) is 37.3. The van der Waals surface area contributed by atoms with Crippen molar-refractivity contribution in [3.8, 4) is 5.75 Å². The zero-order valence-electron chi connectivity index (χ0n) is 18.1. The summed E-state index contributed by atoms with van der Waals surface area (Å²) in [5, 5.41) is 3.16. The number of ether oxygens (including phenoxy) is 2.